The van der Waals surface area contributed by atoms with Crippen molar-refractivity contribution in [3.8, 4) is 0 Å². The van der Waals surface area contributed by atoms with Crippen LogP contribution in [-0.4, -0.2) is 47.4 Å². The molecule has 0 aromatic rings. The molecule has 0 spiro atoms. The summed E-state index contributed by atoms with van der Waals surface area (Å²) in [6, 6.07) is -0.542. The van der Waals surface area contributed by atoms with Crippen LogP contribution in [0.5, 0.6) is 0 Å². The number of hydrogen-bond donors (Lipinski definition) is 3. The lowest BCUT2D eigenvalue weighted by Crippen LogP contribution is -2.45. The average molecular weight is 989 g/mol. The number of ether oxygens (including phenoxy) is 1. The maximum atomic E-state index is 12.5. The summed E-state index contributed by atoms with van der Waals surface area (Å²) in [6.07, 6.45) is 72.3. The monoisotopic (exact) mass is 988 g/mol. The third-order valence-electron chi connectivity index (χ3n) is 15.1. The molecular weight excluding hydrogens is 863 g/mol. The van der Waals surface area contributed by atoms with Gasteiger partial charge in [-0.1, -0.05) is 309 Å². The van der Waals surface area contributed by atoms with Crippen LogP contribution in [0, 0.1) is 0 Å². The molecule has 0 aliphatic heterocycles. The Labute approximate surface area is 438 Å². The maximum Gasteiger partial charge on any atom is 0.305 e. The molecule has 2 unspecified atom stereocenters. The Balaban J connectivity index is 3.38. The van der Waals surface area contributed by atoms with E-state index in [1.807, 2.05) is 0 Å². The maximum absolute atomic E-state index is 12.5. The summed E-state index contributed by atoms with van der Waals surface area (Å²) in [7, 11) is 0. The fraction of sp³-hybridized carbons (Fsp3) is 0.938. The molecule has 0 rings (SSSR count). The molecule has 416 valence electrons. The standard InChI is InChI=1S/C64H125NO5/c1-3-5-7-9-11-13-15-17-30-33-36-40-44-48-52-56-62(67)61(60-66)65-63(68)57-53-49-45-41-37-34-31-28-26-24-22-20-18-19-21-23-25-27-29-32-35-39-43-47-51-55-59-70-64(69)58-54-50-46-42-38-16-14-12-10-8-6-4-2/h18,20,61-62,66-67H,3-17,19,21-60H2,1-2H3,(H,65,68)/b20-18-. The first-order chi connectivity index (χ1) is 34.5. The molecule has 1 amide bonds. The first-order valence-corrected chi connectivity index (χ1v) is 31.9. The second-order valence-electron chi connectivity index (χ2n) is 22.1. The molecule has 0 bridgehead atoms. The number of esters is 1. The summed E-state index contributed by atoms with van der Waals surface area (Å²) in [5.74, 6) is -0.0185. The van der Waals surface area contributed by atoms with Gasteiger partial charge in [-0.3, -0.25) is 9.59 Å². The molecule has 0 saturated heterocycles. The number of nitrogens with one attached hydrogen (secondary N) is 1. The fourth-order valence-corrected chi connectivity index (χ4v) is 10.2. The Morgan fingerprint density at radius 3 is 1.01 bits per heavy atom. The lowest BCUT2D eigenvalue weighted by Gasteiger charge is -2.22. The molecule has 6 heteroatoms. The van der Waals surface area contributed by atoms with Crippen LogP contribution in [0.1, 0.15) is 361 Å². The number of rotatable bonds is 60. The Morgan fingerprint density at radius 1 is 0.386 bits per heavy atom. The summed E-state index contributed by atoms with van der Waals surface area (Å²) >= 11 is 0. The topological polar surface area (TPSA) is 95.9 Å². The van der Waals surface area contributed by atoms with Crippen LogP contribution >= 0.6 is 0 Å². The van der Waals surface area contributed by atoms with Gasteiger partial charge in [0, 0.05) is 12.8 Å². The zero-order chi connectivity index (χ0) is 50.7. The Hall–Kier alpha value is -1.40. The van der Waals surface area contributed by atoms with Gasteiger partial charge in [-0.15, -0.1) is 0 Å². The SMILES string of the molecule is CCCCCCCCCCCCCCCCCC(O)C(CO)NC(=O)CCCCCCCCCCCC/C=C\CCCCCCCCCCCCCCOC(=O)CCCCCCCCCCCCCC. The second-order valence-corrected chi connectivity index (χ2v) is 22.1. The lowest BCUT2D eigenvalue weighted by atomic mass is 10.0. The van der Waals surface area contributed by atoms with Gasteiger partial charge in [0.05, 0.1) is 25.4 Å². The van der Waals surface area contributed by atoms with E-state index in [2.05, 4.69) is 31.3 Å². The number of unbranched alkanes of at least 4 members (excludes halogenated alkanes) is 47. The number of allylic oxidation sites excluding steroid dienone is 2. The first kappa shape index (κ1) is 68.6. The summed E-state index contributed by atoms with van der Waals surface area (Å²) in [6.45, 7) is 4.98. The van der Waals surface area contributed by atoms with Gasteiger partial charge in [0.25, 0.3) is 0 Å². The number of hydrogen-bond acceptors (Lipinski definition) is 5. The van der Waals surface area contributed by atoms with E-state index < -0.39 is 12.1 Å². The zero-order valence-electron chi connectivity index (χ0n) is 47.5. The van der Waals surface area contributed by atoms with Crippen LogP contribution in [-0.2, 0) is 14.3 Å². The summed E-state index contributed by atoms with van der Waals surface area (Å²) in [5, 5.41) is 23.3. The quantitative estimate of drug-likeness (QED) is 0.0321. The van der Waals surface area contributed by atoms with Crippen LogP contribution in [0.15, 0.2) is 12.2 Å². The summed E-state index contributed by atoms with van der Waals surface area (Å²) < 4.78 is 5.48. The highest BCUT2D eigenvalue weighted by Gasteiger charge is 2.20. The Morgan fingerprint density at radius 2 is 0.671 bits per heavy atom. The molecule has 0 fully saturated rings. The van der Waals surface area contributed by atoms with Crippen molar-refractivity contribution in [2.75, 3.05) is 13.2 Å². The van der Waals surface area contributed by atoms with E-state index in [4.69, 9.17) is 4.74 Å². The molecule has 0 aromatic heterocycles. The molecule has 3 N–H and O–H groups in total. The fourth-order valence-electron chi connectivity index (χ4n) is 10.2. The highest BCUT2D eigenvalue weighted by atomic mass is 16.5. The van der Waals surface area contributed by atoms with Gasteiger partial charge in [0.1, 0.15) is 0 Å². The predicted molar refractivity (Wildman–Crippen MR) is 306 cm³/mol. The average Bonchev–Trinajstić information content (AvgIpc) is 3.36. The van der Waals surface area contributed by atoms with Crippen molar-refractivity contribution in [3.63, 3.8) is 0 Å². The van der Waals surface area contributed by atoms with Gasteiger partial charge in [-0.25, -0.2) is 0 Å². The molecule has 70 heavy (non-hydrogen) atoms. The van der Waals surface area contributed by atoms with Gasteiger partial charge < -0.3 is 20.3 Å². The highest BCUT2D eigenvalue weighted by Crippen LogP contribution is 2.18. The van der Waals surface area contributed by atoms with Crippen molar-refractivity contribution in [2.24, 2.45) is 0 Å². The molecule has 0 saturated carbocycles. The van der Waals surface area contributed by atoms with Gasteiger partial charge in [0.15, 0.2) is 0 Å². The van der Waals surface area contributed by atoms with Crippen LogP contribution in [0.25, 0.3) is 0 Å². The Bertz CT molecular complexity index is 1050. The number of aliphatic hydroxyl groups is 2. The van der Waals surface area contributed by atoms with Crippen molar-refractivity contribution in [2.45, 2.75) is 373 Å². The molecule has 0 heterocycles. The smallest absolute Gasteiger partial charge is 0.305 e. The second kappa shape index (κ2) is 60.2. The summed E-state index contributed by atoms with van der Waals surface area (Å²) in [5.41, 5.74) is 0. The minimum Gasteiger partial charge on any atom is -0.466 e. The van der Waals surface area contributed by atoms with Gasteiger partial charge in [0.2, 0.25) is 5.91 Å². The van der Waals surface area contributed by atoms with E-state index >= 15 is 0 Å². The lowest BCUT2D eigenvalue weighted by molar-refractivity contribution is -0.143. The largest absolute Gasteiger partial charge is 0.466 e. The minimum absolute atomic E-state index is 0.0156. The normalized spacial score (nSPS) is 12.6. The van der Waals surface area contributed by atoms with Crippen LogP contribution in [0.3, 0.4) is 0 Å². The highest BCUT2D eigenvalue weighted by molar-refractivity contribution is 5.76. The van der Waals surface area contributed by atoms with Crippen LogP contribution in [0.4, 0.5) is 0 Å². The van der Waals surface area contributed by atoms with Crippen molar-refractivity contribution in [1.29, 1.82) is 0 Å². The zero-order valence-corrected chi connectivity index (χ0v) is 47.5. The predicted octanol–water partition coefficient (Wildman–Crippen LogP) is 20.0. The minimum atomic E-state index is -0.664. The van der Waals surface area contributed by atoms with Crippen molar-refractivity contribution >= 4 is 11.9 Å². The van der Waals surface area contributed by atoms with Crippen molar-refractivity contribution < 1.29 is 24.5 Å². The van der Waals surface area contributed by atoms with Gasteiger partial charge in [-0.2, -0.15) is 0 Å². The third-order valence-corrected chi connectivity index (χ3v) is 15.1. The molecule has 0 aromatic carbocycles. The number of amides is 1. The van der Waals surface area contributed by atoms with Gasteiger partial charge in [-0.05, 0) is 51.4 Å². The van der Waals surface area contributed by atoms with E-state index in [0.29, 0.717) is 25.9 Å². The van der Waals surface area contributed by atoms with E-state index in [0.717, 1.165) is 38.5 Å². The van der Waals surface area contributed by atoms with E-state index in [9.17, 15) is 19.8 Å². The number of aliphatic hydroxyl groups excluding tert-OH is 2. The summed E-state index contributed by atoms with van der Waals surface area (Å²) in [4.78, 5) is 24.5. The van der Waals surface area contributed by atoms with Crippen LogP contribution < -0.4 is 5.32 Å². The first-order valence-electron chi connectivity index (χ1n) is 31.9. The molecule has 6 nitrogen and oxygen atoms in total. The van der Waals surface area contributed by atoms with E-state index in [1.165, 1.54) is 289 Å². The number of carbonyl (C=O) groups excluding carboxylic acids is 2. The van der Waals surface area contributed by atoms with Crippen molar-refractivity contribution in [3.05, 3.63) is 12.2 Å². The third kappa shape index (κ3) is 55.9. The number of carbonyl (C=O) groups is 2. The van der Waals surface area contributed by atoms with E-state index in [-0.39, 0.29) is 18.5 Å². The van der Waals surface area contributed by atoms with E-state index in [1.54, 1.807) is 0 Å². The Kier molecular flexibility index (Phi) is 59.0. The molecule has 0 aliphatic carbocycles. The molecule has 0 radical (unpaired) electrons. The molecule has 2 atom stereocenters. The van der Waals surface area contributed by atoms with Gasteiger partial charge >= 0.3 is 5.97 Å². The van der Waals surface area contributed by atoms with Crippen molar-refractivity contribution in [1.82, 2.24) is 5.32 Å². The molecule has 0 aliphatic rings. The molecular formula is C64H125NO5. The van der Waals surface area contributed by atoms with Crippen LogP contribution in [0.2, 0.25) is 0 Å².